The molecule has 0 aliphatic carbocycles. The molecule has 0 fully saturated rings. The number of hydrogen-bond acceptors (Lipinski definition) is 8. The number of amides is 3. The Labute approximate surface area is 289 Å². The molecule has 0 saturated heterocycles. The van der Waals surface area contributed by atoms with Gasteiger partial charge < -0.3 is 41.0 Å². The lowest BCUT2D eigenvalue weighted by molar-refractivity contribution is -0.125. The average Bonchev–Trinajstić information content (AvgIpc) is 3.06. The van der Waals surface area contributed by atoms with Crippen molar-refractivity contribution in [3.63, 3.8) is 0 Å². The molecule has 0 unspecified atom stereocenters. The molecule has 0 bridgehead atoms. The highest BCUT2D eigenvalue weighted by atomic mass is 16.6. The minimum Gasteiger partial charge on any atom is -0.445 e. The second-order valence-electron chi connectivity index (χ2n) is 13.5. The molecule has 11 heteroatoms. The van der Waals surface area contributed by atoms with Crippen molar-refractivity contribution in [2.45, 2.75) is 90.0 Å². The number of alkyl carbamates (subject to hydrolysis) is 2. The number of hydrogen-bond donors (Lipinski definition) is 6. The van der Waals surface area contributed by atoms with Gasteiger partial charge in [-0.25, -0.2) is 9.59 Å². The lowest BCUT2D eigenvalue weighted by atomic mass is 9.98. The molecule has 0 heterocycles. The Hall–Kier alpha value is -4.45. The van der Waals surface area contributed by atoms with E-state index in [0.717, 1.165) is 16.7 Å². The van der Waals surface area contributed by atoms with Crippen LogP contribution in [0.5, 0.6) is 0 Å². The zero-order valence-corrected chi connectivity index (χ0v) is 29.1. The summed E-state index contributed by atoms with van der Waals surface area (Å²) in [5.41, 5.74) is 1.93. The maximum absolute atomic E-state index is 13.5. The third-order valence-corrected chi connectivity index (χ3v) is 7.70. The predicted molar refractivity (Wildman–Crippen MR) is 189 cm³/mol. The van der Waals surface area contributed by atoms with Crippen LogP contribution in [-0.4, -0.2) is 77.3 Å². The molecule has 0 saturated carbocycles. The first-order chi connectivity index (χ1) is 23.3. The summed E-state index contributed by atoms with van der Waals surface area (Å²) in [6, 6.07) is 25.8. The van der Waals surface area contributed by atoms with Crippen LogP contribution in [0.2, 0.25) is 0 Å². The summed E-state index contributed by atoms with van der Waals surface area (Å²) in [5.74, 6) is -0.734. The van der Waals surface area contributed by atoms with Crippen LogP contribution in [0.3, 0.4) is 0 Å². The Kier molecular flexibility index (Phi) is 15.5. The van der Waals surface area contributed by atoms with Crippen molar-refractivity contribution in [2.24, 2.45) is 5.92 Å². The lowest BCUT2D eigenvalue weighted by Crippen LogP contribution is -2.57. The lowest BCUT2D eigenvalue weighted by Gasteiger charge is -2.30. The van der Waals surface area contributed by atoms with Gasteiger partial charge in [0.15, 0.2) is 0 Å². The molecule has 5 atom stereocenters. The standard InChI is InChI=1S/C38H52N4O7/c1-26(2)34(42-36(46)48-25-29-19-13-8-14-20-29)35(45)40-30(21-27-15-9-6-10-16-27)32(43)23-39-24-33(44)31(22-28-17-11-7-12-18-28)41-37(47)49-38(3,4)5/h6-20,26,30-34,39,43-44H,21-25H2,1-5H3,(H,40,45)(H,41,47)(H,42,46)/t30-,31-,32+,33-,34-/m0/s1. The van der Waals surface area contributed by atoms with E-state index in [1.807, 2.05) is 105 Å². The first-order valence-corrected chi connectivity index (χ1v) is 16.7. The molecule has 49 heavy (non-hydrogen) atoms. The molecule has 11 nitrogen and oxygen atoms in total. The smallest absolute Gasteiger partial charge is 0.408 e. The number of aliphatic hydroxyl groups excluding tert-OH is 2. The predicted octanol–water partition coefficient (Wildman–Crippen LogP) is 4.11. The maximum atomic E-state index is 13.5. The SMILES string of the molecule is CC(C)[C@H](NC(=O)OCc1ccccc1)C(=O)N[C@@H](Cc1ccccc1)[C@H](O)CNC[C@H](O)[C@H](Cc1ccccc1)NC(=O)OC(C)(C)C. The molecular formula is C38H52N4O7. The summed E-state index contributed by atoms with van der Waals surface area (Å²) >= 11 is 0. The fourth-order valence-corrected chi connectivity index (χ4v) is 5.12. The quantitative estimate of drug-likeness (QED) is 0.125. The van der Waals surface area contributed by atoms with Gasteiger partial charge in [-0.2, -0.15) is 0 Å². The van der Waals surface area contributed by atoms with E-state index < -0.39 is 54.0 Å². The number of rotatable bonds is 17. The summed E-state index contributed by atoms with van der Waals surface area (Å²) in [5, 5.41) is 34.0. The van der Waals surface area contributed by atoms with Gasteiger partial charge in [-0.3, -0.25) is 4.79 Å². The molecule has 6 N–H and O–H groups in total. The number of carbonyl (C=O) groups is 3. The molecule has 3 aromatic carbocycles. The van der Waals surface area contributed by atoms with E-state index in [0.29, 0.717) is 12.8 Å². The van der Waals surface area contributed by atoms with E-state index in [2.05, 4.69) is 21.3 Å². The van der Waals surface area contributed by atoms with Crippen LogP contribution in [0.4, 0.5) is 9.59 Å². The van der Waals surface area contributed by atoms with Crippen molar-refractivity contribution >= 4 is 18.1 Å². The monoisotopic (exact) mass is 676 g/mol. The van der Waals surface area contributed by atoms with Crippen molar-refractivity contribution < 1.29 is 34.1 Å². The first-order valence-electron chi connectivity index (χ1n) is 16.7. The molecule has 266 valence electrons. The minimum atomic E-state index is -1.07. The number of ether oxygens (including phenoxy) is 2. The van der Waals surface area contributed by atoms with E-state index in [9.17, 15) is 24.6 Å². The Balaban J connectivity index is 1.64. The van der Waals surface area contributed by atoms with E-state index >= 15 is 0 Å². The van der Waals surface area contributed by atoms with Crippen LogP contribution < -0.4 is 21.3 Å². The molecule has 0 radical (unpaired) electrons. The first kappa shape index (κ1) is 39.0. The summed E-state index contributed by atoms with van der Waals surface area (Å²) < 4.78 is 10.8. The minimum absolute atomic E-state index is 0.0260. The van der Waals surface area contributed by atoms with E-state index in [1.165, 1.54) is 0 Å². The van der Waals surface area contributed by atoms with Gasteiger partial charge in [0.2, 0.25) is 5.91 Å². The van der Waals surface area contributed by atoms with Crippen LogP contribution in [0.15, 0.2) is 91.0 Å². The van der Waals surface area contributed by atoms with Crippen molar-refractivity contribution in [3.8, 4) is 0 Å². The van der Waals surface area contributed by atoms with Crippen molar-refractivity contribution in [1.82, 2.24) is 21.3 Å². The Morgan fingerprint density at radius 2 is 1.10 bits per heavy atom. The highest BCUT2D eigenvalue weighted by molar-refractivity contribution is 5.86. The third-order valence-electron chi connectivity index (χ3n) is 7.70. The summed E-state index contributed by atoms with van der Waals surface area (Å²) in [6.45, 7) is 9.04. The van der Waals surface area contributed by atoms with Gasteiger partial charge >= 0.3 is 12.2 Å². The maximum Gasteiger partial charge on any atom is 0.408 e. The highest BCUT2D eigenvalue weighted by Crippen LogP contribution is 2.12. The second kappa shape index (κ2) is 19.5. The van der Waals surface area contributed by atoms with E-state index in [-0.39, 0.29) is 25.6 Å². The van der Waals surface area contributed by atoms with Crippen molar-refractivity contribution in [3.05, 3.63) is 108 Å². The Morgan fingerprint density at radius 3 is 1.55 bits per heavy atom. The van der Waals surface area contributed by atoms with E-state index in [4.69, 9.17) is 9.47 Å². The largest absolute Gasteiger partial charge is 0.445 e. The molecule has 0 aromatic heterocycles. The molecule has 0 aliphatic rings. The number of aliphatic hydroxyl groups is 2. The van der Waals surface area contributed by atoms with Crippen molar-refractivity contribution in [2.75, 3.05) is 13.1 Å². The molecular weight excluding hydrogens is 624 g/mol. The Bertz CT molecular complexity index is 1420. The zero-order chi connectivity index (χ0) is 35.8. The van der Waals surface area contributed by atoms with Crippen LogP contribution in [0.25, 0.3) is 0 Å². The van der Waals surface area contributed by atoms with Gasteiger partial charge in [-0.15, -0.1) is 0 Å². The van der Waals surface area contributed by atoms with Gasteiger partial charge in [0.05, 0.1) is 24.3 Å². The number of nitrogens with one attached hydrogen (secondary N) is 4. The van der Waals surface area contributed by atoms with Gasteiger partial charge in [0.25, 0.3) is 0 Å². The molecule has 3 rings (SSSR count). The normalized spacial score (nSPS) is 14.5. The van der Waals surface area contributed by atoms with Crippen molar-refractivity contribution in [1.29, 1.82) is 0 Å². The molecule has 0 aliphatic heterocycles. The Morgan fingerprint density at radius 1 is 0.653 bits per heavy atom. The van der Waals surface area contributed by atoms with Crippen LogP contribution in [0, 0.1) is 5.92 Å². The van der Waals surface area contributed by atoms with E-state index in [1.54, 1.807) is 20.8 Å². The van der Waals surface area contributed by atoms with Gasteiger partial charge in [0.1, 0.15) is 18.2 Å². The van der Waals surface area contributed by atoms with Crippen LogP contribution in [-0.2, 0) is 33.7 Å². The summed E-state index contributed by atoms with van der Waals surface area (Å²) in [4.78, 5) is 38.8. The zero-order valence-electron chi connectivity index (χ0n) is 29.1. The number of carbonyl (C=O) groups excluding carboxylic acids is 3. The topological polar surface area (TPSA) is 158 Å². The van der Waals surface area contributed by atoms with Crippen LogP contribution >= 0.6 is 0 Å². The number of benzene rings is 3. The van der Waals surface area contributed by atoms with Crippen LogP contribution in [0.1, 0.15) is 51.3 Å². The molecule has 3 amide bonds. The fraction of sp³-hybridized carbons (Fsp3) is 0.447. The summed E-state index contributed by atoms with van der Waals surface area (Å²) in [6.07, 6.45) is -2.79. The van der Waals surface area contributed by atoms with Gasteiger partial charge in [-0.1, -0.05) is 105 Å². The third kappa shape index (κ3) is 14.7. The van der Waals surface area contributed by atoms with Gasteiger partial charge in [0, 0.05) is 13.1 Å². The second-order valence-corrected chi connectivity index (χ2v) is 13.5. The highest BCUT2D eigenvalue weighted by Gasteiger charge is 2.30. The molecule has 3 aromatic rings. The molecule has 0 spiro atoms. The van der Waals surface area contributed by atoms with Gasteiger partial charge in [-0.05, 0) is 56.2 Å². The fourth-order valence-electron chi connectivity index (χ4n) is 5.12. The summed E-state index contributed by atoms with van der Waals surface area (Å²) in [7, 11) is 0. The average molecular weight is 677 g/mol.